The molecule has 0 heterocycles. The maximum atomic E-state index is 12.7. The van der Waals surface area contributed by atoms with Gasteiger partial charge in [0.15, 0.2) is 6.10 Å². The zero-order chi connectivity index (χ0) is 43.0. The van der Waals surface area contributed by atoms with E-state index < -0.39 is 6.10 Å². The molecule has 0 saturated carbocycles. The topological polar surface area (TPSA) is 78.9 Å². The molecular formula is C53H100O6. The van der Waals surface area contributed by atoms with Crippen LogP contribution in [0.4, 0.5) is 0 Å². The van der Waals surface area contributed by atoms with Gasteiger partial charge >= 0.3 is 17.9 Å². The van der Waals surface area contributed by atoms with Crippen molar-refractivity contribution in [1.29, 1.82) is 0 Å². The number of carbonyl (C=O) groups is 3. The summed E-state index contributed by atoms with van der Waals surface area (Å²) in [5.74, 6) is -0.860. The molecule has 0 aliphatic rings. The predicted molar refractivity (Wildman–Crippen MR) is 252 cm³/mol. The second-order valence-corrected chi connectivity index (χ2v) is 17.8. The van der Waals surface area contributed by atoms with Crippen LogP contribution < -0.4 is 0 Å². The van der Waals surface area contributed by atoms with Gasteiger partial charge in [0, 0.05) is 19.3 Å². The van der Waals surface area contributed by atoms with Gasteiger partial charge in [-0.3, -0.25) is 14.4 Å². The van der Waals surface area contributed by atoms with Gasteiger partial charge in [-0.2, -0.15) is 0 Å². The minimum absolute atomic E-state index is 0.0681. The van der Waals surface area contributed by atoms with Gasteiger partial charge in [-0.1, -0.05) is 245 Å². The second kappa shape index (κ2) is 48.8. The molecule has 59 heavy (non-hydrogen) atoms. The summed E-state index contributed by atoms with van der Waals surface area (Å²) >= 11 is 0. The van der Waals surface area contributed by atoms with Crippen LogP contribution in [-0.4, -0.2) is 37.2 Å². The van der Waals surface area contributed by atoms with Crippen LogP contribution in [0.1, 0.15) is 290 Å². The number of hydrogen-bond acceptors (Lipinski definition) is 6. The first kappa shape index (κ1) is 57.1. The van der Waals surface area contributed by atoms with Gasteiger partial charge in [0.1, 0.15) is 13.2 Å². The van der Waals surface area contributed by atoms with Crippen LogP contribution in [0, 0.1) is 0 Å². The Morgan fingerprint density at radius 3 is 0.898 bits per heavy atom. The van der Waals surface area contributed by atoms with Crippen molar-refractivity contribution in [2.24, 2.45) is 0 Å². The van der Waals surface area contributed by atoms with Crippen molar-refractivity contribution in [3.8, 4) is 0 Å². The summed E-state index contributed by atoms with van der Waals surface area (Å²) in [6, 6.07) is 0. The Bertz CT molecular complexity index is 866. The first-order valence-electron chi connectivity index (χ1n) is 26.2. The van der Waals surface area contributed by atoms with Gasteiger partial charge in [0.2, 0.25) is 0 Å². The molecular weight excluding hydrogens is 733 g/mol. The molecule has 0 unspecified atom stereocenters. The monoisotopic (exact) mass is 833 g/mol. The van der Waals surface area contributed by atoms with Gasteiger partial charge in [0.25, 0.3) is 0 Å². The first-order chi connectivity index (χ1) is 29.0. The Hall–Kier alpha value is -1.85. The number of allylic oxidation sites excluding steroid dienone is 2. The van der Waals surface area contributed by atoms with Crippen LogP contribution >= 0.6 is 0 Å². The Balaban J connectivity index is 4.29. The van der Waals surface area contributed by atoms with Crippen molar-refractivity contribution in [3.63, 3.8) is 0 Å². The van der Waals surface area contributed by atoms with Crippen LogP contribution in [0.2, 0.25) is 0 Å². The largest absolute Gasteiger partial charge is 0.462 e. The van der Waals surface area contributed by atoms with Gasteiger partial charge < -0.3 is 14.2 Å². The van der Waals surface area contributed by atoms with Crippen molar-refractivity contribution in [2.45, 2.75) is 297 Å². The smallest absolute Gasteiger partial charge is 0.306 e. The van der Waals surface area contributed by atoms with Crippen molar-refractivity contribution in [1.82, 2.24) is 0 Å². The van der Waals surface area contributed by atoms with Crippen LogP contribution in [-0.2, 0) is 28.6 Å². The third-order valence-electron chi connectivity index (χ3n) is 11.8. The zero-order valence-electron chi connectivity index (χ0n) is 39.8. The zero-order valence-corrected chi connectivity index (χ0v) is 39.8. The predicted octanol–water partition coefficient (Wildman–Crippen LogP) is 17.0. The summed E-state index contributed by atoms with van der Waals surface area (Å²) in [5.41, 5.74) is 0. The summed E-state index contributed by atoms with van der Waals surface area (Å²) in [5, 5.41) is 0. The molecule has 0 rings (SSSR count). The van der Waals surface area contributed by atoms with Crippen molar-refractivity contribution >= 4 is 17.9 Å². The molecule has 348 valence electrons. The highest BCUT2D eigenvalue weighted by atomic mass is 16.6. The lowest BCUT2D eigenvalue weighted by Gasteiger charge is -2.18. The van der Waals surface area contributed by atoms with Crippen LogP contribution in [0.15, 0.2) is 12.2 Å². The Kier molecular flexibility index (Phi) is 47.3. The number of esters is 3. The molecule has 0 aliphatic carbocycles. The minimum atomic E-state index is -0.767. The van der Waals surface area contributed by atoms with Crippen LogP contribution in [0.3, 0.4) is 0 Å². The lowest BCUT2D eigenvalue weighted by molar-refractivity contribution is -0.167. The lowest BCUT2D eigenvalue weighted by Crippen LogP contribution is -2.30. The van der Waals surface area contributed by atoms with Crippen molar-refractivity contribution in [2.75, 3.05) is 13.2 Å². The molecule has 0 bridgehead atoms. The summed E-state index contributed by atoms with van der Waals surface area (Å²) in [6.45, 7) is 6.63. The molecule has 6 heteroatoms. The molecule has 0 N–H and O–H groups in total. The van der Waals surface area contributed by atoms with E-state index in [2.05, 4.69) is 32.9 Å². The quantitative estimate of drug-likeness (QED) is 0.0263. The molecule has 0 fully saturated rings. The van der Waals surface area contributed by atoms with Crippen molar-refractivity contribution < 1.29 is 28.6 Å². The average molecular weight is 833 g/mol. The second-order valence-electron chi connectivity index (χ2n) is 17.8. The highest BCUT2D eigenvalue weighted by Gasteiger charge is 2.19. The maximum absolute atomic E-state index is 12.7. The SMILES string of the molecule is CCCC/C=C\CCCCCCCC(=O)OC(COC(=O)CCCCCCCCCCCCCCCCC)COC(=O)CCCCCCCCCCCCCCCCC. The average Bonchev–Trinajstić information content (AvgIpc) is 3.23. The molecule has 0 radical (unpaired) electrons. The summed E-state index contributed by atoms with van der Waals surface area (Å²) in [4.78, 5) is 37.9. The fourth-order valence-corrected chi connectivity index (χ4v) is 7.78. The van der Waals surface area contributed by atoms with E-state index in [0.717, 1.165) is 64.2 Å². The standard InChI is InChI=1S/C53H100O6/c1-4-7-10-13-16-19-22-24-26-28-31-33-36-39-42-45-51(54)57-48-50(59-53(56)47-44-41-38-35-30-21-18-15-12-9-6-3)49-58-52(55)46-43-40-37-34-32-29-27-25-23-20-17-14-11-8-5-2/h15,18,50H,4-14,16-17,19-49H2,1-3H3/b18-15-. The molecule has 6 nitrogen and oxygen atoms in total. The number of rotatable bonds is 48. The molecule has 0 atom stereocenters. The number of hydrogen-bond donors (Lipinski definition) is 0. The highest BCUT2D eigenvalue weighted by molar-refractivity contribution is 5.71. The number of ether oxygens (including phenoxy) is 3. The molecule has 0 aromatic rings. The summed E-state index contributed by atoms with van der Waals surface area (Å²) < 4.78 is 16.8. The van der Waals surface area contributed by atoms with E-state index in [1.54, 1.807) is 0 Å². The first-order valence-corrected chi connectivity index (χ1v) is 26.2. The summed E-state index contributed by atoms with van der Waals surface area (Å²) in [7, 11) is 0. The molecule has 0 amide bonds. The van der Waals surface area contributed by atoms with E-state index in [1.165, 1.54) is 186 Å². The van der Waals surface area contributed by atoms with Crippen LogP contribution in [0.5, 0.6) is 0 Å². The van der Waals surface area contributed by atoms with Gasteiger partial charge in [-0.25, -0.2) is 0 Å². The lowest BCUT2D eigenvalue weighted by atomic mass is 10.0. The molecule has 0 spiro atoms. The molecule has 0 aromatic carbocycles. The summed E-state index contributed by atoms with van der Waals surface area (Å²) in [6.07, 6.45) is 53.4. The van der Waals surface area contributed by atoms with Gasteiger partial charge in [0.05, 0.1) is 0 Å². The van der Waals surface area contributed by atoms with Gasteiger partial charge in [-0.05, 0) is 38.5 Å². The fraction of sp³-hybridized carbons (Fsp3) is 0.906. The highest BCUT2D eigenvalue weighted by Crippen LogP contribution is 2.16. The molecule has 0 saturated heterocycles. The third kappa shape index (κ3) is 47.1. The number of carbonyl (C=O) groups excluding carboxylic acids is 3. The Morgan fingerprint density at radius 2 is 0.576 bits per heavy atom. The molecule has 0 aliphatic heterocycles. The van der Waals surface area contributed by atoms with E-state index >= 15 is 0 Å². The van der Waals surface area contributed by atoms with E-state index in [0.29, 0.717) is 19.3 Å². The van der Waals surface area contributed by atoms with E-state index in [4.69, 9.17) is 14.2 Å². The van der Waals surface area contributed by atoms with E-state index in [9.17, 15) is 14.4 Å². The minimum Gasteiger partial charge on any atom is -0.462 e. The van der Waals surface area contributed by atoms with Gasteiger partial charge in [-0.15, -0.1) is 0 Å². The normalized spacial score (nSPS) is 11.5. The maximum Gasteiger partial charge on any atom is 0.306 e. The van der Waals surface area contributed by atoms with E-state index in [1.807, 2.05) is 0 Å². The third-order valence-corrected chi connectivity index (χ3v) is 11.8. The Morgan fingerprint density at radius 1 is 0.322 bits per heavy atom. The van der Waals surface area contributed by atoms with E-state index in [-0.39, 0.29) is 31.1 Å². The van der Waals surface area contributed by atoms with Crippen molar-refractivity contribution in [3.05, 3.63) is 12.2 Å². The molecule has 0 aromatic heterocycles. The Labute approximate surface area is 367 Å². The van der Waals surface area contributed by atoms with Crippen LogP contribution in [0.25, 0.3) is 0 Å². The number of unbranched alkanes of at least 4 members (excludes halogenated alkanes) is 35. The fourth-order valence-electron chi connectivity index (χ4n) is 7.78.